The summed E-state index contributed by atoms with van der Waals surface area (Å²) in [6, 6.07) is 3.58. The van der Waals surface area contributed by atoms with Crippen LogP contribution >= 0.6 is 11.3 Å². The highest BCUT2D eigenvalue weighted by molar-refractivity contribution is 7.20. The molecule has 3 heterocycles. The topological polar surface area (TPSA) is 59.2 Å². The van der Waals surface area contributed by atoms with E-state index in [0.717, 1.165) is 33.1 Å². The Morgan fingerprint density at radius 1 is 1.30 bits per heavy atom. The van der Waals surface area contributed by atoms with Crippen molar-refractivity contribution in [1.82, 2.24) is 14.9 Å². The van der Waals surface area contributed by atoms with E-state index in [0.29, 0.717) is 4.88 Å². The average Bonchev–Trinajstić information content (AvgIpc) is 3.13. The minimum Gasteiger partial charge on any atom is -0.467 e. The van der Waals surface area contributed by atoms with E-state index in [4.69, 9.17) is 4.42 Å². The molecule has 1 amide bonds. The first kappa shape index (κ1) is 15.7. The molecule has 0 aliphatic rings. The van der Waals surface area contributed by atoms with Crippen LogP contribution in [0.15, 0.2) is 22.8 Å². The van der Waals surface area contributed by atoms with Gasteiger partial charge in [-0.1, -0.05) is 0 Å². The molecule has 1 unspecified atom stereocenters. The van der Waals surface area contributed by atoms with Gasteiger partial charge in [0.1, 0.15) is 16.4 Å². The Morgan fingerprint density at radius 2 is 2.04 bits per heavy atom. The Hall–Kier alpha value is -2.21. The number of amides is 1. The number of carbonyl (C=O) groups excluding carboxylic acids is 1. The fourth-order valence-electron chi connectivity index (χ4n) is 2.73. The smallest absolute Gasteiger partial charge is 0.264 e. The van der Waals surface area contributed by atoms with Crippen LogP contribution in [0.5, 0.6) is 0 Å². The van der Waals surface area contributed by atoms with Crippen molar-refractivity contribution in [3.63, 3.8) is 0 Å². The minimum atomic E-state index is -0.129. The molecule has 0 spiro atoms. The molecule has 0 aliphatic carbocycles. The van der Waals surface area contributed by atoms with Gasteiger partial charge in [-0.25, -0.2) is 9.97 Å². The zero-order chi connectivity index (χ0) is 16.7. The normalized spacial score (nSPS) is 12.6. The molecule has 3 aromatic rings. The lowest BCUT2D eigenvalue weighted by atomic mass is 10.1. The molecule has 3 rings (SSSR count). The van der Waals surface area contributed by atoms with Gasteiger partial charge in [0.25, 0.3) is 5.91 Å². The van der Waals surface area contributed by atoms with Crippen LogP contribution in [0.3, 0.4) is 0 Å². The molecule has 0 saturated heterocycles. The molecule has 0 fully saturated rings. The SMILES string of the molecule is Cc1nc(C)c2c(C)c(C(=O)N(C)C(C)c3ccco3)sc2n1. The van der Waals surface area contributed by atoms with Gasteiger partial charge in [0.05, 0.1) is 17.2 Å². The maximum absolute atomic E-state index is 12.9. The Labute approximate surface area is 139 Å². The van der Waals surface area contributed by atoms with E-state index >= 15 is 0 Å². The van der Waals surface area contributed by atoms with Crippen molar-refractivity contribution in [2.24, 2.45) is 0 Å². The van der Waals surface area contributed by atoms with E-state index in [1.165, 1.54) is 11.3 Å². The molecule has 0 radical (unpaired) electrons. The molecule has 0 saturated carbocycles. The number of hydrogen-bond acceptors (Lipinski definition) is 5. The molecular formula is C17H19N3O2S. The molecule has 23 heavy (non-hydrogen) atoms. The number of aryl methyl sites for hydroxylation is 3. The fourth-order valence-corrected chi connectivity index (χ4v) is 3.99. The van der Waals surface area contributed by atoms with Gasteiger partial charge in [0.15, 0.2) is 0 Å². The Bertz CT molecular complexity index is 868. The Balaban J connectivity index is 2.01. The van der Waals surface area contributed by atoms with Crippen molar-refractivity contribution in [1.29, 1.82) is 0 Å². The second-order valence-corrected chi connectivity index (χ2v) is 6.70. The van der Waals surface area contributed by atoms with Gasteiger partial charge in [0, 0.05) is 18.1 Å². The summed E-state index contributed by atoms with van der Waals surface area (Å²) in [5.41, 5.74) is 1.87. The summed E-state index contributed by atoms with van der Waals surface area (Å²) in [5, 5.41) is 0.989. The highest BCUT2D eigenvalue weighted by Crippen LogP contribution is 2.33. The number of nitrogens with zero attached hydrogens (tertiary/aromatic N) is 3. The van der Waals surface area contributed by atoms with E-state index < -0.39 is 0 Å². The van der Waals surface area contributed by atoms with Crippen LogP contribution in [-0.4, -0.2) is 27.8 Å². The van der Waals surface area contributed by atoms with Crippen LogP contribution < -0.4 is 0 Å². The largest absolute Gasteiger partial charge is 0.467 e. The highest BCUT2D eigenvalue weighted by Gasteiger charge is 2.25. The summed E-state index contributed by atoms with van der Waals surface area (Å²) in [6.45, 7) is 7.74. The summed E-state index contributed by atoms with van der Waals surface area (Å²) >= 11 is 1.43. The fraction of sp³-hybridized carbons (Fsp3) is 0.353. The van der Waals surface area contributed by atoms with Crippen LogP contribution in [0.25, 0.3) is 10.2 Å². The monoisotopic (exact) mass is 329 g/mol. The van der Waals surface area contributed by atoms with Crippen LogP contribution in [0, 0.1) is 20.8 Å². The van der Waals surface area contributed by atoms with E-state index in [-0.39, 0.29) is 11.9 Å². The number of thiophene rings is 1. The number of hydrogen-bond donors (Lipinski definition) is 0. The quantitative estimate of drug-likeness (QED) is 0.727. The third-order valence-corrected chi connectivity index (χ3v) is 5.31. The molecule has 3 aromatic heterocycles. The number of aromatic nitrogens is 2. The van der Waals surface area contributed by atoms with Gasteiger partial charge in [-0.3, -0.25) is 4.79 Å². The lowest BCUT2D eigenvalue weighted by Crippen LogP contribution is -2.29. The van der Waals surface area contributed by atoms with Crippen LogP contribution in [0.1, 0.15) is 45.5 Å². The van der Waals surface area contributed by atoms with Crippen molar-refractivity contribution in [3.8, 4) is 0 Å². The summed E-state index contributed by atoms with van der Waals surface area (Å²) in [5.74, 6) is 1.48. The molecule has 120 valence electrons. The van der Waals surface area contributed by atoms with E-state index in [1.54, 1.807) is 18.2 Å². The highest BCUT2D eigenvalue weighted by atomic mass is 32.1. The maximum Gasteiger partial charge on any atom is 0.264 e. The molecule has 0 bridgehead atoms. The van der Waals surface area contributed by atoms with Gasteiger partial charge in [-0.15, -0.1) is 11.3 Å². The van der Waals surface area contributed by atoms with Gasteiger partial charge >= 0.3 is 0 Å². The second kappa shape index (κ2) is 5.77. The lowest BCUT2D eigenvalue weighted by Gasteiger charge is -2.23. The predicted molar refractivity (Wildman–Crippen MR) is 90.8 cm³/mol. The molecule has 5 nitrogen and oxygen atoms in total. The predicted octanol–water partition coefficient (Wildman–Crippen LogP) is 4.04. The third kappa shape index (κ3) is 2.63. The van der Waals surface area contributed by atoms with Gasteiger partial charge in [0.2, 0.25) is 0 Å². The van der Waals surface area contributed by atoms with Crippen LogP contribution in [-0.2, 0) is 0 Å². The van der Waals surface area contributed by atoms with Crippen LogP contribution in [0.2, 0.25) is 0 Å². The zero-order valence-corrected chi connectivity index (χ0v) is 14.7. The average molecular weight is 329 g/mol. The van der Waals surface area contributed by atoms with Gasteiger partial charge in [-0.2, -0.15) is 0 Å². The molecule has 6 heteroatoms. The van der Waals surface area contributed by atoms with Crippen molar-refractivity contribution >= 4 is 27.5 Å². The van der Waals surface area contributed by atoms with Crippen molar-refractivity contribution in [2.75, 3.05) is 7.05 Å². The summed E-state index contributed by atoms with van der Waals surface area (Å²) in [6.07, 6.45) is 1.62. The Morgan fingerprint density at radius 3 is 2.70 bits per heavy atom. The standard InChI is InChI=1S/C17H19N3O2S/c1-9-14-10(2)18-12(4)19-16(14)23-15(9)17(21)20(5)11(3)13-7-6-8-22-13/h6-8,11H,1-5H3. The zero-order valence-electron chi connectivity index (χ0n) is 13.9. The van der Waals surface area contributed by atoms with Crippen molar-refractivity contribution in [2.45, 2.75) is 33.7 Å². The lowest BCUT2D eigenvalue weighted by molar-refractivity contribution is 0.0730. The van der Waals surface area contributed by atoms with E-state index in [1.807, 2.05) is 39.8 Å². The molecule has 1 atom stereocenters. The summed E-state index contributed by atoms with van der Waals surface area (Å²) in [7, 11) is 1.79. The van der Waals surface area contributed by atoms with E-state index in [9.17, 15) is 4.79 Å². The molecule has 0 N–H and O–H groups in total. The Kier molecular flexibility index (Phi) is 3.93. The maximum atomic E-state index is 12.9. The molecule has 0 aliphatic heterocycles. The van der Waals surface area contributed by atoms with Crippen LogP contribution in [0.4, 0.5) is 0 Å². The number of furan rings is 1. The third-order valence-electron chi connectivity index (χ3n) is 4.13. The summed E-state index contributed by atoms with van der Waals surface area (Å²) in [4.78, 5) is 25.1. The second-order valence-electron chi connectivity index (χ2n) is 5.70. The van der Waals surface area contributed by atoms with Crippen molar-refractivity contribution in [3.05, 3.63) is 46.1 Å². The molecular weight excluding hydrogens is 310 g/mol. The van der Waals surface area contributed by atoms with Crippen molar-refractivity contribution < 1.29 is 9.21 Å². The molecule has 0 aromatic carbocycles. The first-order valence-corrected chi connectivity index (χ1v) is 8.26. The number of rotatable bonds is 3. The minimum absolute atomic E-state index is 0.0218. The van der Waals surface area contributed by atoms with Gasteiger partial charge in [-0.05, 0) is 45.4 Å². The summed E-state index contributed by atoms with van der Waals surface area (Å²) < 4.78 is 5.41. The first-order valence-electron chi connectivity index (χ1n) is 7.45. The van der Waals surface area contributed by atoms with E-state index in [2.05, 4.69) is 9.97 Å². The number of carbonyl (C=O) groups is 1. The first-order chi connectivity index (χ1) is 10.9. The number of fused-ring (bicyclic) bond motifs is 1. The van der Waals surface area contributed by atoms with Gasteiger partial charge < -0.3 is 9.32 Å².